The fourth-order valence-electron chi connectivity index (χ4n) is 2.46. The molecule has 0 amide bonds. The van der Waals surface area contributed by atoms with Crippen molar-refractivity contribution >= 4 is 17.2 Å². The third kappa shape index (κ3) is 3.04. The Morgan fingerprint density at radius 3 is 3.05 bits per heavy atom. The van der Waals surface area contributed by atoms with Crippen LogP contribution >= 0.6 is 0 Å². The number of nitrogens with one attached hydrogen (secondary N) is 1. The van der Waals surface area contributed by atoms with Crippen LogP contribution in [0.5, 0.6) is 0 Å². The van der Waals surface area contributed by atoms with Gasteiger partial charge in [0, 0.05) is 19.4 Å². The number of hydrogen-bond acceptors (Lipinski definition) is 4. The van der Waals surface area contributed by atoms with Gasteiger partial charge in [-0.3, -0.25) is 4.68 Å². The third-order valence-corrected chi connectivity index (χ3v) is 3.49. The molecule has 2 aromatic heterocycles. The fourth-order valence-corrected chi connectivity index (χ4v) is 2.46. The maximum absolute atomic E-state index is 4.62. The average Bonchev–Trinajstić information content (AvgIpc) is 2.71. The summed E-state index contributed by atoms with van der Waals surface area (Å²) in [6.45, 7) is 0. The molecule has 0 saturated carbocycles. The molecule has 5 heteroatoms. The van der Waals surface area contributed by atoms with Crippen molar-refractivity contribution in [3.05, 3.63) is 36.4 Å². The Balaban J connectivity index is 1.80. The first-order valence-electron chi connectivity index (χ1n) is 7.09. The molecule has 1 aliphatic carbocycles. The molecule has 0 unspecified atom stereocenters. The number of rotatable bonds is 3. The molecule has 104 valence electrons. The molecule has 20 heavy (non-hydrogen) atoms. The molecule has 0 saturated heterocycles. The summed E-state index contributed by atoms with van der Waals surface area (Å²) in [7, 11) is 1.89. The van der Waals surface area contributed by atoms with Crippen molar-refractivity contribution in [2.45, 2.75) is 32.1 Å². The predicted molar refractivity (Wildman–Crippen MR) is 79.6 cm³/mol. The summed E-state index contributed by atoms with van der Waals surface area (Å²) in [5.41, 5.74) is 3.28. The second-order valence-electron chi connectivity index (χ2n) is 5.12. The van der Waals surface area contributed by atoms with Crippen molar-refractivity contribution in [1.82, 2.24) is 19.7 Å². The van der Waals surface area contributed by atoms with Gasteiger partial charge in [-0.05, 0) is 37.3 Å². The van der Waals surface area contributed by atoms with Crippen LogP contribution < -0.4 is 5.32 Å². The highest BCUT2D eigenvalue weighted by Gasteiger charge is 2.08. The van der Waals surface area contributed by atoms with Crippen molar-refractivity contribution in [3.63, 3.8) is 0 Å². The molecular weight excluding hydrogens is 250 g/mol. The van der Waals surface area contributed by atoms with Gasteiger partial charge in [0.05, 0.1) is 17.6 Å². The molecule has 0 atom stereocenters. The quantitative estimate of drug-likeness (QED) is 0.928. The second kappa shape index (κ2) is 5.86. The SMILES string of the molecule is Cn1cc(Nc2nccc(C3=CCCCCC3)n2)cn1. The van der Waals surface area contributed by atoms with E-state index >= 15 is 0 Å². The van der Waals surface area contributed by atoms with E-state index in [0.29, 0.717) is 5.95 Å². The summed E-state index contributed by atoms with van der Waals surface area (Å²) in [5, 5.41) is 7.31. The molecular formula is C15H19N5. The molecule has 0 spiro atoms. The topological polar surface area (TPSA) is 55.6 Å². The van der Waals surface area contributed by atoms with E-state index in [1.165, 1.54) is 24.8 Å². The van der Waals surface area contributed by atoms with E-state index in [0.717, 1.165) is 24.2 Å². The van der Waals surface area contributed by atoms with Crippen molar-refractivity contribution in [3.8, 4) is 0 Å². The van der Waals surface area contributed by atoms with E-state index in [1.54, 1.807) is 10.9 Å². The number of nitrogens with zero attached hydrogens (tertiary/aromatic N) is 4. The largest absolute Gasteiger partial charge is 0.321 e. The average molecular weight is 269 g/mol. The molecule has 0 fully saturated rings. The lowest BCUT2D eigenvalue weighted by atomic mass is 10.1. The Morgan fingerprint density at radius 2 is 2.20 bits per heavy atom. The first-order chi connectivity index (χ1) is 9.81. The lowest BCUT2D eigenvalue weighted by Crippen LogP contribution is -1.99. The van der Waals surface area contributed by atoms with Gasteiger partial charge in [-0.15, -0.1) is 0 Å². The summed E-state index contributed by atoms with van der Waals surface area (Å²) in [4.78, 5) is 8.89. The molecule has 0 aromatic carbocycles. The minimum atomic E-state index is 0.626. The van der Waals surface area contributed by atoms with Crippen molar-refractivity contribution in [1.29, 1.82) is 0 Å². The van der Waals surface area contributed by atoms with Crippen LogP contribution in [-0.4, -0.2) is 19.7 Å². The van der Waals surface area contributed by atoms with Crippen LogP contribution in [0.15, 0.2) is 30.7 Å². The molecule has 0 bridgehead atoms. The van der Waals surface area contributed by atoms with Gasteiger partial charge in [0.1, 0.15) is 0 Å². The van der Waals surface area contributed by atoms with Gasteiger partial charge in [-0.1, -0.05) is 12.5 Å². The first kappa shape index (κ1) is 12.8. The highest BCUT2D eigenvalue weighted by atomic mass is 15.3. The minimum Gasteiger partial charge on any atom is -0.321 e. The first-order valence-corrected chi connectivity index (χ1v) is 7.09. The fraction of sp³-hybridized carbons (Fsp3) is 0.400. The molecule has 1 N–H and O–H groups in total. The summed E-state index contributed by atoms with van der Waals surface area (Å²) in [6, 6.07) is 1.99. The molecule has 5 nitrogen and oxygen atoms in total. The van der Waals surface area contributed by atoms with E-state index in [9.17, 15) is 0 Å². The van der Waals surface area contributed by atoms with Gasteiger partial charge < -0.3 is 5.32 Å². The van der Waals surface area contributed by atoms with E-state index in [4.69, 9.17) is 0 Å². The summed E-state index contributed by atoms with van der Waals surface area (Å²) >= 11 is 0. The molecule has 2 heterocycles. The smallest absolute Gasteiger partial charge is 0.227 e. The highest BCUT2D eigenvalue weighted by molar-refractivity contribution is 5.64. The van der Waals surface area contributed by atoms with Gasteiger partial charge in [0.15, 0.2) is 0 Å². The lowest BCUT2D eigenvalue weighted by Gasteiger charge is -2.07. The summed E-state index contributed by atoms with van der Waals surface area (Å²) in [5.74, 6) is 0.626. The molecule has 0 aliphatic heterocycles. The zero-order valence-electron chi connectivity index (χ0n) is 11.7. The van der Waals surface area contributed by atoms with E-state index in [-0.39, 0.29) is 0 Å². The Kier molecular flexibility index (Phi) is 3.76. The number of aryl methyl sites for hydroxylation is 1. The summed E-state index contributed by atoms with van der Waals surface area (Å²) in [6.07, 6.45) is 13.9. The minimum absolute atomic E-state index is 0.626. The Bertz CT molecular complexity index is 614. The van der Waals surface area contributed by atoms with E-state index in [1.807, 2.05) is 25.5 Å². The van der Waals surface area contributed by atoms with Gasteiger partial charge in [-0.25, -0.2) is 9.97 Å². The standard InChI is InChI=1S/C15H19N5/c1-20-11-13(10-17-20)18-15-16-9-8-14(19-15)12-6-4-2-3-5-7-12/h6,8-11H,2-5,7H2,1H3,(H,16,18,19). The van der Waals surface area contributed by atoms with Crippen LogP contribution in [0.2, 0.25) is 0 Å². The van der Waals surface area contributed by atoms with E-state index in [2.05, 4.69) is 26.5 Å². The monoisotopic (exact) mass is 269 g/mol. The van der Waals surface area contributed by atoms with Crippen LogP contribution in [0.4, 0.5) is 11.6 Å². The maximum Gasteiger partial charge on any atom is 0.227 e. The second-order valence-corrected chi connectivity index (χ2v) is 5.12. The van der Waals surface area contributed by atoms with Gasteiger partial charge in [-0.2, -0.15) is 5.10 Å². The molecule has 2 aromatic rings. The summed E-state index contributed by atoms with van der Waals surface area (Å²) < 4.78 is 1.75. The third-order valence-electron chi connectivity index (χ3n) is 3.49. The number of allylic oxidation sites excluding steroid dienone is 2. The lowest BCUT2D eigenvalue weighted by molar-refractivity contribution is 0.720. The van der Waals surface area contributed by atoms with Crippen molar-refractivity contribution in [2.75, 3.05) is 5.32 Å². The number of anilines is 2. The van der Waals surface area contributed by atoms with Crippen LogP contribution in [-0.2, 0) is 7.05 Å². The van der Waals surface area contributed by atoms with Crippen molar-refractivity contribution in [2.24, 2.45) is 7.05 Å². The number of aromatic nitrogens is 4. The zero-order valence-corrected chi connectivity index (χ0v) is 11.7. The highest BCUT2D eigenvalue weighted by Crippen LogP contribution is 2.25. The zero-order chi connectivity index (χ0) is 13.8. The Hall–Kier alpha value is -2.17. The van der Waals surface area contributed by atoms with Gasteiger partial charge in [0.25, 0.3) is 0 Å². The maximum atomic E-state index is 4.62. The molecule has 3 rings (SSSR count). The molecule has 0 radical (unpaired) electrons. The Morgan fingerprint density at radius 1 is 1.25 bits per heavy atom. The van der Waals surface area contributed by atoms with Gasteiger partial charge >= 0.3 is 0 Å². The van der Waals surface area contributed by atoms with Crippen molar-refractivity contribution < 1.29 is 0 Å². The van der Waals surface area contributed by atoms with Crippen LogP contribution in [0, 0.1) is 0 Å². The number of hydrogen-bond donors (Lipinski definition) is 1. The normalized spacial score (nSPS) is 15.6. The van der Waals surface area contributed by atoms with Crippen LogP contribution in [0.3, 0.4) is 0 Å². The Labute approximate surface area is 118 Å². The molecule has 1 aliphatic rings. The predicted octanol–water partition coefficient (Wildman–Crippen LogP) is 3.30. The van der Waals surface area contributed by atoms with Crippen LogP contribution in [0.25, 0.3) is 5.57 Å². The van der Waals surface area contributed by atoms with Gasteiger partial charge in [0.2, 0.25) is 5.95 Å². The van der Waals surface area contributed by atoms with Crippen LogP contribution in [0.1, 0.15) is 37.8 Å². The van der Waals surface area contributed by atoms with E-state index < -0.39 is 0 Å².